The number of hydrogen-bond acceptors (Lipinski definition) is 3. The van der Waals surface area contributed by atoms with Gasteiger partial charge < -0.3 is 10.3 Å². The highest BCUT2D eigenvalue weighted by molar-refractivity contribution is 6.52. The molecule has 1 aromatic heterocycles. The first-order chi connectivity index (χ1) is 15.6. The lowest BCUT2D eigenvalue weighted by Gasteiger charge is -2.10. The van der Waals surface area contributed by atoms with Gasteiger partial charge in [0.05, 0.1) is 33.8 Å². The Labute approximate surface area is 186 Å². The standard InChI is InChI=1S/C18H14N2.C10H8N2/c19-15-9-3-6-12-18(15)20-16-10-4-1-7-13(16)14-8-2-5-11-17(14)20;11-9-6-5-7-3-1-2-4-8(7)10(9)12/h1-12H,19H2;1-6,11-12H. The van der Waals surface area contributed by atoms with Crippen molar-refractivity contribution >= 4 is 45.0 Å². The maximum absolute atomic E-state index is 7.60. The zero-order chi connectivity index (χ0) is 22.1. The number of fused-ring (bicyclic) bond motifs is 4. The average molecular weight is 415 g/mol. The van der Waals surface area contributed by atoms with Crippen molar-refractivity contribution in [3.8, 4) is 5.69 Å². The van der Waals surface area contributed by atoms with Gasteiger partial charge in [0.2, 0.25) is 0 Å². The van der Waals surface area contributed by atoms with Crippen LogP contribution in [0.5, 0.6) is 0 Å². The van der Waals surface area contributed by atoms with Crippen molar-refractivity contribution in [1.82, 2.24) is 4.57 Å². The Morgan fingerprint density at radius 3 is 1.84 bits per heavy atom. The second kappa shape index (κ2) is 8.00. The van der Waals surface area contributed by atoms with E-state index in [0.717, 1.165) is 22.5 Å². The Bertz CT molecular complexity index is 1470. The fraction of sp³-hybridized carbons (Fsp3) is 0. The fourth-order valence-electron chi connectivity index (χ4n) is 4.14. The first-order valence-electron chi connectivity index (χ1n) is 10.4. The number of nitrogen functional groups attached to an aromatic ring is 1. The molecular formula is C28H22N4. The molecule has 0 aliphatic heterocycles. The normalized spacial score (nSPS) is 12.5. The molecule has 0 fully saturated rings. The van der Waals surface area contributed by atoms with E-state index in [-0.39, 0.29) is 5.71 Å². The van der Waals surface area contributed by atoms with E-state index in [1.54, 1.807) is 6.08 Å². The van der Waals surface area contributed by atoms with Gasteiger partial charge in [-0.3, -0.25) is 10.8 Å². The lowest BCUT2D eigenvalue weighted by molar-refractivity contribution is 1.18. The largest absolute Gasteiger partial charge is 0.397 e. The van der Waals surface area contributed by atoms with Crippen LogP contribution in [0.3, 0.4) is 0 Å². The summed E-state index contributed by atoms with van der Waals surface area (Å²) in [6.07, 6.45) is 3.53. The van der Waals surface area contributed by atoms with Crippen molar-refractivity contribution < 1.29 is 0 Å². The molecule has 4 nitrogen and oxygen atoms in total. The molecule has 32 heavy (non-hydrogen) atoms. The molecule has 0 saturated heterocycles. The lowest BCUT2D eigenvalue weighted by atomic mass is 9.94. The minimum atomic E-state index is 0.286. The Balaban J connectivity index is 0.000000154. The molecule has 0 spiro atoms. The number of hydrogen-bond donors (Lipinski definition) is 3. The number of allylic oxidation sites excluding steroid dienone is 1. The quantitative estimate of drug-likeness (QED) is 0.270. The first-order valence-corrected chi connectivity index (χ1v) is 10.4. The molecule has 4 aromatic carbocycles. The predicted molar refractivity (Wildman–Crippen MR) is 135 cm³/mol. The van der Waals surface area contributed by atoms with Crippen LogP contribution < -0.4 is 5.73 Å². The van der Waals surface area contributed by atoms with Crippen LogP contribution >= 0.6 is 0 Å². The third kappa shape index (κ3) is 3.28. The van der Waals surface area contributed by atoms with Gasteiger partial charge in [0.1, 0.15) is 0 Å². The third-order valence-corrected chi connectivity index (χ3v) is 5.69. The summed E-state index contributed by atoms with van der Waals surface area (Å²) in [4.78, 5) is 0. The smallest absolute Gasteiger partial charge is 0.0867 e. The average Bonchev–Trinajstić information content (AvgIpc) is 3.17. The Morgan fingerprint density at radius 2 is 1.16 bits per heavy atom. The summed E-state index contributed by atoms with van der Waals surface area (Å²) in [5, 5.41) is 17.5. The van der Waals surface area contributed by atoms with Gasteiger partial charge in [-0.25, -0.2) is 0 Å². The molecule has 0 saturated carbocycles. The number of nitrogens with one attached hydrogen (secondary N) is 2. The molecule has 6 rings (SSSR count). The van der Waals surface area contributed by atoms with Gasteiger partial charge in [0, 0.05) is 16.3 Å². The summed E-state index contributed by atoms with van der Waals surface area (Å²) in [5.41, 5.74) is 12.8. The predicted octanol–water partition coefficient (Wildman–Crippen LogP) is 6.47. The van der Waals surface area contributed by atoms with Crippen LogP contribution in [0.15, 0.2) is 103 Å². The highest BCUT2D eigenvalue weighted by Gasteiger charge is 2.13. The van der Waals surface area contributed by atoms with Gasteiger partial charge in [-0.1, -0.05) is 78.9 Å². The number of aromatic nitrogens is 1. The number of rotatable bonds is 1. The SMILES string of the molecule is N=C1C=Cc2ccccc2C1=N.Nc1ccccc1-n1c2ccccc2c2ccccc21. The number of para-hydroxylation sites is 4. The number of nitrogens with zero attached hydrogens (tertiary/aromatic N) is 1. The fourth-order valence-corrected chi connectivity index (χ4v) is 4.14. The molecule has 5 aromatic rings. The number of nitrogens with two attached hydrogens (primary N) is 1. The van der Waals surface area contributed by atoms with Crippen LogP contribution in [-0.4, -0.2) is 16.0 Å². The van der Waals surface area contributed by atoms with Gasteiger partial charge in [0.25, 0.3) is 0 Å². The molecule has 0 amide bonds. The lowest BCUT2D eigenvalue weighted by Crippen LogP contribution is -2.15. The Morgan fingerprint density at radius 1 is 0.594 bits per heavy atom. The van der Waals surface area contributed by atoms with Crippen LogP contribution in [0.25, 0.3) is 33.6 Å². The summed E-state index contributed by atoms with van der Waals surface area (Å²) in [7, 11) is 0. The molecule has 4 heteroatoms. The van der Waals surface area contributed by atoms with E-state index in [4.69, 9.17) is 16.6 Å². The molecule has 0 unspecified atom stereocenters. The first kappa shape index (κ1) is 19.5. The molecule has 0 bridgehead atoms. The second-order valence-corrected chi connectivity index (χ2v) is 7.64. The van der Waals surface area contributed by atoms with Gasteiger partial charge in [-0.15, -0.1) is 0 Å². The highest BCUT2D eigenvalue weighted by atomic mass is 15.0. The van der Waals surface area contributed by atoms with E-state index in [1.807, 2.05) is 48.5 Å². The third-order valence-electron chi connectivity index (χ3n) is 5.69. The Hall–Kier alpha value is -4.44. The van der Waals surface area contributed by atoms with Gasteiger partial charge in [-0.2, -0.15) is 0 Å². The molecule has 1 aliphatic carbocycles. The highest BCUT2D eigenvalue weighted by Crippen LogP contribution is 2.33. The molecule has 0 radical (unpaired) electrons. The van der Waals surface area contributed by atoms with Crippen LogP contribution in [-0.2, 0) is 0 Å². The minimum Gasteiger partial charge on any atom is -0.397 e. The van der Waals surface area contributed by atoms with Crippen molar-refractivity contribution in [2.75, 3.05) is 5.73 Å². The zero-order valence-electron chi connectivity index (χ0n) is 17.4. The molecule has 0 atom stereocenters. The minimum absolute atomic E-state index is 0.286. The van der Waals surface area contributed by atoms with Gasteiger partial charge in [0.15, 0.2) is 0 Å². The van der Waals surface area contributed by atoms with E-state index in [9.17, 15) is 0 Å². The van der Waals surface area contributed by atoms with E-state index in [2.05, 4.69) is 59.2 Å². The van der Waals surface area contributed by atoms with Crippen LogP contribution in [0.1, 0.15) is 11.1 Å². The van der Waals surface area contributed by atoms with Crippen LogP contribution in [0.2, 0.25) is 0 Å². The molecule has 4 N–H and O–H groups in total. The molecular weight excluding hydrogens is 392 g/mol. The van der Waals surface area contributed by atoms with E-state index in [0.29, 0.717) is 5.71 Å². The number of benzene rings is 4. The summed E-state index contributed by atoms with van der Waals surface area (Å²) in [6, 6.07) is 32.5. The maximum atomic E-state index is 7.60. The molecule has 154 valence electrons. The van der Waals surface area contributed by atoms with Crippen molar-refractivity contribution in [3.63, 3.8) is 0 Å². The van der Waals surface area contributed by atoms with Gasteiger partial charge >= 0.3 is 0 Å². The van der Waals surface area contributed by atoms with Gasteiger partial charge in [-0.05, 0) is 35.9 Å². The monoisotopic (exact) mass is 414 g/mol. The topological polar surface area (TPSA) is 78.7 Å². The Kier molecular flexibility index (Phi) is 4.88. The van der Waals surface area contributed by atoms with Crippen molar-refractivity contribution in [1.29, 1.82) is 10.8 Å². The summed E-state index contributed by atoms with van der Waals surface area (Å²) in [6.45, 7) is 0. The summed E-state index contributed by atoms with van der Waals surface area (Å²) < 4.78 is 2.24. The molecule has 1 heterocycles. The van der Waals surface area contributed by atoms with Crippen LogP contribution in [0.4, 0.5) is 5.69 Å². The van der Waals surface area contributed by atoms with Crippen LogP contribution in [0, 0.1) is 10.8 Å². The zero-order valence-corrected chi connectivity index (χ0v) is 17.4. The summed E-state index contributed by atoms with van der Waals surface area (Å²) in [5.74, 6) is 0. The van der Waals surface area contributed by atoms with Crippen molar-refractivity contribution in [3.05, 3.63) is 114 Å². The maximum Gasteiger partial charge on any atom is 0.0867 e. The van der Waals surface area contributed by atoms with E-state index in [1.165, 1.54) is 21.8 Å². The number of anilines is 1. The molecule has 1 aliphatic rings. The van der Waals surface area contributed by atoms with Crippen molar-refractivity contribution in [2.24, 2.45) is 0 Å². The van der Waals surface area contributed by atoms with E-state index >= 15 is 0 Å². The van der Waals surface area contributed by atoms with E-state index < -0.39 is 0 Å². The van der Waals surface area contributed by atoms with Crippen molar-refractivity contribution in [2.45, 2.75) is 0 Å². The second-order valence-electron chi connectivity index (χ2n) is 7.64. The summed E-state index contributed by atoms with van der Waals surface area (Å²) >= 11 is 0.